The molecule has 1 aliphatic carbocycles. The maximum atomic E-state index is 13.3. The molecule has 0 fully saturated rings. The molecular formula is C24H26N2O3. The van der Waals surface area contributed by atoms with Crippen molar-refractivity contribution >= 4 is 17.2 Å². The summed E-state index contributed by atoms with van der Waals surface area (Å²) in [6, 6.07) is 12.5. The van der Waals surface area contributed by atoms with E-state index in [2.05, 4.69) is 48.3 Å². The normalized spacial score (nSPS) is 21.4. The number of carbonyl (C=O) groups is 1. The van der Waals surface area contributed by atoms with E-state index in [-0.39, 0.29) is 23.9 Å². The standard InChI is InChI=1S/C24H26N2O3/c1-24(2)11-18-23(19(27)12-24)22(14-5-7-15(8-6-14)26(3)4)16-9-20-21(29-13-28-20)10-17(16)25-18/h5-10,22,25H,11-13H2,1-4H3. The molecule has 0 radical (unpaired) electrons. The average Bonchev–Trinajstić information content (AvgIpc) is 3.11. The molecule has 150 valence electrons. The van der Waals surface area contributed by atoms with Gasteiger partial charge in [-0.25, -0.2) is 0 Å². The predicted molar refractivity (Wildman–Crippen MR) is 114 cm³/mol. The van der Waals surface area contributed by atoms with Crippen LogP contribution in [0.2, 0.25) is 0 Å². The molecule has 0 aromatic heterocycles. The lowest BCUT2D eigenvalue weighted by molar-refractivity contribution is -0.118. The molecular weight excluding hydrogens is 364 g/mol. The topological polar surface area (TPSA) is 50.8 Å². The van der Waals surface area contributed by atoms with Crippen LogP contribution in [0.5, 0.6) is 11.5 Å². The van der Waals surface area contributed by atoms with E-state index in [0.29, 0.717) is 6.42 Å². The maximum Gasteiger partial charge on any atom is 0.231 e. The van der Waals surface area contributed by atoms with Crippen LogP contribution in [0.4, 0.5) is 11.4 Å². The molecule has 0 bridgehead atoms. The van der Waals surface area contributed by atoms with Gasteiger partial charge in [-0.05, 0) is 41.2 Å². The number of nitrogens with zero attached hydrogens (tertiary/aromatic N) is 1. The van der Waals surface area contributed by atoms with Crippen molar-refractivity contribution in [3.8, 4) is 11.5 Å². The van der Waals surface area contributed by atoms with Gasteiger partial charge in [0.05, 0.1) is 0 Å². The summed E-state index contributed by atoms with van der Waals surface area (Å²) < 4.78 is 11.2. The number of nitrogens with one attached hydrogen (secondary N) is 1. The second-order valence-corrected chi connectivity index (χ2v) is 9.17. The van der Waals surface area contributed by atoms with Crippen molar-refractivity contribution in [2.75, 3.05) is 31.1 Å². The summed E-state index contributed by atoms with van der Waals surface area (Å²) in [6.07, 6.45) is 1.42. The summed E-state index contributed by atoms with van der Waals surface area (Å²) >= 11 is 0. The Balaban J connectivity index is 1.69. The van der Waals surface area contributed by atoms with Gasteiger partial charge in [-0.1, -0.05) is 26.0 Å². The number of hydrogen-bond donors (Lipinski definition) is 1. The molecule has 1 N–H and O–H groups in total. The highest BCUT2D eigenvalue weighted by Gasteiger charge is 2.41. The third kappa shape index (κ3) is 2.96. The maximum absolute atomic E-state index is 13.3. The van der Waals surface area contributed by atoms with Gasteiger partial charge >= 0.3 is 0 Å². The molecule has 2 aromatic rings. The van der Waals surface area contributed by atoms with Crippen molar-refractivity contribution < 1.29 is 14.3 Å². The number of carbonyl (C=O) groups excluding carboxylic acids is 1. The minimum Gasteiger partial charge on any atom is -0.454 e. The zero-order chi connectivity index (χ0) is 20.3. The van der Waals surface area contributed by atoms with Gasteiger partial charge in [0.1, 0.15) is 0 Å². The number of ether oxygens (including phenoxy) is 2. The van der Waals surface area contributed by atoms with E-state index in [9.17, 15) is 4.79 Å². The van der Waals surface area contributed by atoms with Crippen LogP contribution in [0, 0.1) is 5.41 Å². The van der Waals surface area contributed by atoms with Crippen LogP contribution in [0.15, 0.2) is 47.7 Å². The molecule has 1 unspecified atom stereocenters. The molecule has 5 nitrogen and oxygen atoms in total. The molecule has 2 heterocycles. The van der Waals surface area contributed by atoms with Crippen LogP contribution in [-0.2, 0) is 4.79 Å². The summed E-state index contributed by atoms with van der Waals surface area (Å²) in [5.74, 6) is 1.63. The van der Waals surface area contributed by atoms with Crippen LogP contribution in [0.3, 0.4) is 0 Å². The van der Waals surface area contributed by atoms with Gasteiger partial charge in [-0.15, -0.1) is 0 Å². The van der Waals surface area contributed by atoms with Crippen LogP contribution >= 0.6 is 0 Å². The SMILES string of the molecule is CN(C)c1ccc(C2C3=C(CC(C)(C)CC3=O)Nc3cc4c(cc32)OCO4)cc1. The Morgan fingerprint density at radius 3 is 2.41 bits per heavy atom. The van der Waals surface area contributed by atoms with E-state index < -0.39 is 0 Å². The lowest BCUT2D eigenvalue weighted by Gasteiger charge is -2.39. The monoisotopic (exact) mass is 390 g/mol. The minimum absolute atomic E-state index is 0.0455. The van der Waals surface area contributed by atoms with Crippen LogP contribution in [-0.4, -0.2) is 26.7 Å². The average molecular weight is 390 g/mol. The molecule has 0 saturated carbocycles. The number of rotatable bonds is 2. The van der Waals surface area contributed by atoms with Crippen molar-refractivity contribution in [2.45, 2.75) is 32.6 Å². The van der Waals surface area contributed by atoms with Crippen molar-refractivity contribution in [1.82, 2.24) is 0 Å². The predicted octanol–water partition coefficient (Wildman–Crippen LogP) is 4.68. The Hall–Kier alpha value is -2.95. The number of Topliss-reactive ketones (excluding diaryl/α,β-unsaturated/α-hetero) is 1. The van der Waals surface area contributed by atoms with Gasteiger partial charge < -0.3 is 19.7 Å². The van der Waals surface area contributed by atoms with E-state index in [1.165, 1.54) is 0 Å². The van der Waals surface area contributed by atoms with Gasteiger partial charge in [0, 0.05) is 55.1 Å². The first-order valence-electron chi connectivity index (χ1n) is 10.1. The lowest BCUT2D eigenvalue weighted by atomic mass is 9.68. The van der Waals surface area contributed by atoms with Crippen molar-refractivity contribution in [3.63, 3.8) is 0 Å². The summed E-state index contributed by atoms with van der Waals surface area (Å²) in [6.45, 7) is 4.55. The minimum atomic E-state index is -0.101. The number of benzene rings is 2. The van der Waals surface area contributed by atoms with Gasteiger partial charge in [0.15, 0.2) is 17.3 Å². The molecule has 3 aliphatic rings. The van der Waals surface area contributed by atoms with Crippen molar-refractivity contribution in [3.05, 3.63) is 58.8 Å². The highest BCUT2D eigenvalue weighted by Crippen LogP contribution is 2.51. The van der Waals surface area contributed by atoms with Gasteiger partial charge in [0.25, 0.3) is 0 Å². The molecule has 1 atom stereocenters. The highest BCUT2D eigenvalue weighted by molar-refractivity contribution is 6.01. The molecule has 0 spiro atoms. The van der Waals surface area contributed by atoms with E-state index in [1.54, 1.807) is 0 Å². The van der Waals surface area contributed by atoms with Crippen LogP contribution < -0.4 is 19.7 Å². The number of allylic oxidation sites excluding steroid dienone is 2. The first-order valence-corrected chi connectivity index (χ1v) is 10.1. The number of fused-ring (bicyclic) bond motifs is 2. The van der Waals surface area contributed by atoms with Crippen LogP contribution in [0.1, 0.15) is 43.7 Å². The molecule has 2 aliphatic heterocycles. The fourth-order valence-electron chi connectivity index (χ4n) is 4.72. The van der Waals surface area contributed by atoms with E-state index in [4.69, 9.17) is 9.47 Å². The smallest absolute Gasteiger partial charge is 0.231 e. The Morgan fingerprint density at radius 1 is 1.03 bits per heavy atom. The first kappa shape index (κ1) is 18.1. The van der Waals surface area contributed by atoms with E-state index in [0.717, 1.165) is 51.7 Å². The highest BCUT2D eigenvalue weighted by atomic mass is 16.7. The molecule has 2 aromatic carbocycles. The number of ketones is 1. The fourth-order valence-corrected chi connectivity index (χ4v) is 4.72. The number of anilines is 2. The third-order valence-electron chi connectivity index (χ3n) is 6.09. The Morgan fingerprint density at radius 2 is 1.72 bits per heavy atom. The Kier molecular flexibility index (Phi) is 3.92. The molecule has 5 rings (SSSR count). The Bertz CT molecular complexity index is 1030. The van der Waals surface area contributed by atoms with Crippen molar-refractivity contribution in [2.24, 2.45) is 5.41 Å². The molecule has 5 heteroatoms. The molecule has 0 amide bonds. The quantitative estimate of drug-likeness (QED) is 0.807. The van der Waals surface area contributed by atoms with Crippen LogP contribution in [0.25, 0.3) is 0 Å². The van der Waals surface area contributed by atoms with E-state index >= 15 is 0 Å². The van der Waals surface area contributed by atoms with Gasteiger partial charge in [0.2, 0.25) is 6.79 Å². The zero-order valence-corrected chi connectivity index (χ0v) is 17.3. The first-order chi connectivity index (χ1) is 13.8. The number of hydrogen-bond acceptors (Lipinski definition) is 5. The molecule has 0 saturated heterocycles. The summed E-state index contributed by atoms with van der Waals surface area (Å²) in [5, 5.41) is 3.56. The van der Waals surface area contributed by atoms with Gasteiger partial charge in [-0.2, -0.15) is 0 Å². The largest absolute Gasteiger partial charge is 0.454 e. The van der Waals surface area contributed by atoms with Crippen molar-refractivity contribution in [1.29, 1.82) is 0 Å². The third-order valence-corrected chi connectivity index (χ3v) is 6.09. The zero-order valence-electron chi connectivity index (χ0n) is 17.3. The summed E-state index contributed by atoms with van der Waals surface area (Å²) in [4.78, 5) is 15.4. The fraction of sp³-hybridized carbons (Fsp3) is 0.375. The summed E-state index contributed by atoms with van der Waals surface area (Å²) in [7, 11) is 4.06. The molecule has 29 heavy (non-hydrogen) atoms. The Labute approximate surface area is 171 Å². The second-order valence-electron chi connectivity index (χ2n) is 9.17. The second kappa shape index (κ2) is 6.28. The summed E-state index contributed by atoms with van der Waals surface area (Å²) in [5.41, 5.74) is 6.22. The lowest BCUT2D eigenvalue weighted by Crippen LogP contribution is -2.33. The van der Waals surface area contributed by atoms with Gasteiger partial charge in [-0.3, -0.25) is 4.79 Å². The van der Waals surface area contributed by atoms with E-state index in [1.807, 2.05) is 26.2 Å².